The molecule has 144 heavy (non-hydrogen) atoms. The molecule has 16 atom stereocenters. The van der Waals surface area contributed by atoms with Crippen molar-refractivity contribution in [2.24, 2.45) is 0 Å². The lowest BCUT2D eigenvalue weighted by Crippen LogP contribution is -2.27. The molecule has 8 aromatic heterocycles. The number of rotatable bonds is 36. The first kappa shape index (κ1) is 105. The van der Waals surface area contributed by atoms with E-state index < -0.39 is 206 Å². The number of nitrogens with zero attached hydrogens (tertiary/aromatic N) is 16. The van der Waals surface area contributed by atoms with Crippen molar-refractivity contribution >= 4 is 99.2 Å². The number of aromatic nitrogens is 16. The van der Waals surface area contributed by atoms with Crippen LogP contribution in [-0.2, 0) is 121 Å². The number of benzene rings is 4. The Morgan fingerprint density at radius 3 is 0.667 bits per heavy atom. The number of ether oxygens (including phenoxy) is 8. The van der Waals surface area contributed by atoms with Crippen LogP contribution in [0.25, 0.3) is 44.7 Å². The van der Waals surface area contributed by atoms with Gasteiger partial charge in [-0.2, -0.15) is 0 Å². The van der Waals surface area contributed by atoms with Gasteiger partial charge in [-0.25, -0.2) is 78.1 Å². The first-order chi connectivity index (χ1) is 68.2. The van der Waals surface area contributed by atoms with Crippen molar-refractivity contribution in [3.63, 3.8) is 0 Å². The third-order valence-corrected chi connectivity index (χ3v) is 29.8. The van der Waals surface area contributed by atoms with Crippen LogP contribution in [0, 0.1) is 0 Å². The Kier molecular flexibility index (Phi) is 30.7. The maximum atomic E-state index is 14.5. The Bertz CT molecular complexity index is 6010. The monoisotopic (exact) mass is 2080 g/mol. The highest BCUT2D eigenvalue weighted by Crippen LogP contribution is 2.55. The van der Waals surface area contributed by atoms with Crippen LogP contribution in [0.2, 0.25) is 0 Å². The van der Waals surface area contributed by atoms with Gasteiger partial charge in [-0.3, -0.25) is 54.5 Å². The fourth-order valence-electron chi connectivity index (χ4n) is 18.3. The van der Waals surface area contributed by atoms with Crippen LogP contribution in [0.5, 0.6) is 23.0 Å². The van der Waals surface area contributed by atoms with Crippen molar-refractivity contribution < 1.29 is 132 Å². The van der Waals surface area contributed by atoms with Crippen LogP contribution >= 0.6 is 31.3 Å². The first-order valence-corrected chi connectivity index (χ1v) is 52.8. The van der Waals surface area contributed by atoms with Crippen LogP contribution in [0.15, 0.2) is 99.1 Å². The van der Waals surface area contributed by atoms with Crippen LogP contribution in [0.3, 0.4) is 0 Å². The molecule has 52 heteroatoms. The number of phosphoric ester groups is 4. The molecule has 12 heterocycles. The smallest absolute Gasteiger partial charge is 0.472 e. The molecule has 776 valence electrons. The third kappa shape index (κ3) is 23.4. The molecular formula is C92H120N20O28P4. The fourth-order valence-corrected chi connectivity index (χ4v) is 22.0. The van der Waals surface area contributed by atoms with Gasteiger partial charge in [-0.1, -0.05) is 132 Å². The van der Waals surface area contributed by atoms with Crippen molar-refractivity contribution in [2.45, 2.75) is 230 Å². The van der Waals surface area contributed by atoms with Gasteiger partial charge in [0.15, 0.2) is 45.9 Å². The SMILES string of the molecule is CC(C)(C)c1cc2c(OCCOP(=O)(O)OC3CC(n4cnc5c(N)ncnc54)OC3CO)c(c1)Cc1cc(C(C)(C)C)cc(c1OCCOP(=O)(O)OC1CC(n3cnc4c(N)ncnc43)OC1CO)Cc1cc(C(C)(C)C)cc(c1OCCOP(=O)(O)OC1CC(n3cnc4c(N)ncnc43)OC1CO)Cc1cc(C(C)(C)C)cc(c1OCCOP(=O)(O)OC1CC(n3cnc4c(N)ncnc43)OC1CO)C2. The van der Waals surface area contributed by atoms with Crippen molar-refractivity contribution in [3.05, 3.63) is 166 Å². The van der Waals surface area contributed by atoms with E-state index in [2.05, 4.69) is 59.8 Å². The summed E-state index contributed by atoms with van der Waals surface area (Å²) in [5, 5.41) is 42.6. The van der Waals surface area contributed by atoms with Gasteiger partial charge in [0.2, 0.25) is 0 Å². The molecule has 8 bridgehead atoms. The molecule has 0 spiro atoms. The van der Waals surface area contributed by atoms with Gasteiger partial charge in [0, 0.05) is 51.4 Å². The molecule has 4 aromatic carbocycles. The van der Waals surface area contributed by atoms with E-state index in [0.29, 0.717) is 67.1 Å². The predicted octanol–water partition coefficient (Wildman–Crippen LogP) is 9.88. The Morgan fingerprint density at radius 2 is 0.493 bits per heavy atom. The largest absolute Gasteiger partial charge is 0.491 e. The summed E-state index contributed by atoms with van der Waals surface area (Å²) in [7, 11) is -20.4. The molecular weight excluding hydrogens is 1960 g/mol. The maximum Gasteiger partial charge on any atom is 0.472 e. The topological polar surface area (TPSA) is 656 Å². The molecule has 16 unspecified atom stereocenters. The fraction of sp³-hybridized carbons (Fsp3) is 0.522. The summed E-state index contributed by atoms with van der Waals surface area (Å²) < 4.78 is 164. The zero-order chi connectivity index (χ0) is 103. The van der Waals surface area contributed by atoms with Crippen LogP contribution in [-0.4, -0.2) is 246 Å². The quantitative estimate of drug-likeness (QED) is 0.0128. The number of fused-ring (bicyclic) bond motifs is 12. The molecule has 12 aromatic rings. The van der Waals surface area contributed by atoms with Crippen LogP contribution in [0.1, 0.15) is 200 Å². The molecule has 4 saturated heterocycles. The summed E-state index contributed by atoms with van der Waals surface area (Å²) in [5.74, 6) is 1.52. The zero-order valence-electron chi connectivity index (χ0n) is 81.3. The predicted molar refractivity (Wildman–Crippen MR) is 518 cm³/mol. The Balaban J connectivity index is 0.751. The summed E-state index contributed by atoms with van der Waals surface area (Å²) >= 11 is 0. The van der Waals surface area contributed by atoms with Gasteiger partial charge in [0.05, 0.1) is 78.2 Å². The molecule has 0 amide bonds. The van der Waals surface area contributed by atoms with E-state index >= 15 is 0 Å². The van der Waals surface area contributed by atoms with Crippen molar-refractivity contribution in [1.29, 1.82) is 0 Å². The van der Waals surface area contributed by atoms with E-state index in [9.17, 15) is 58.3 Å². The Labute approximate surface area is 826 Å². The number of aliphatic hydroxyl groups excluding tert-OH is 4. The summed E-state index contributed by atoms with van der Waals surface area (Å²) in [6.45, 7) is 18.1. The average Bonchev–Trinajstić information content (AvgIpc) is 1.34. The highest BCUT2D eigenvalue weighted by molar-refractivity contribution is 7.48. The second kappa shape index (κ2) is 42.1. The lowest BCUT2D eigenvalue weighted by Gasteiger charge is -2.29. The third-order valence-electron chi connectivity index (χ3n) is 25.6. The van der Waals surface area contributed by atoms with Gasteiger partial charge in [0.25, 0.3) is 0 Å². The number of anilines is 4. The number of nitrogens with two attached hydrogens (primary N) is 4. The van der Waals surface area contributed by atoms with Crippen molar-refractivity contribution in [3.8, 4) is 23.0 Å². The maximum absolute atomic E-state index is 14.5. The normalized spacial score (nSPS) is 23.0. The first-order valence-electron chi connectivity index (χ1n) is 46.8. The van der Waals surface area contributed by atoms with E-state index in [0.717, 1.165) is 22.3 Å². The Morgan fingerprint density at radius 1 is 0.306 bits per heavy atom. The van der Waals surface area contributed by atoms with Gasteiger partial charge in [0.1, 0.15) is 171 Å². The van der Waals surface area contributed by atoms with E-state index in [1.54, 1.807) is 18.3 Å². The van der Waals surface area contributed by atoms with Gasteiger partial charge >= 0.3 is 31.3 Å². The lowest BCUT2D eigenvalue weighted by atomic mass is 9.79. The molecule has 0 saturated carbocycles. The standard InChI is InChI=1S/C92H120N20O28P4/c1-89(2,3)57-25-49-21-51-27-58(90(4,5)6)29-53(78(51)126-14-18-130-142(119,120)138-62-34-70(134-66(62)38-114)110-46-106-74-82(94)98-42-102-86(74)110)23-55-31-60(92(10,11)12)32-56(80(55)128-16-20-132-144(123,124)140-64-36-72(136-68(64)40-116)112-48-108-76-84(96)100-44-104-88(76)112)24-54-30-59(91(7,8)9)28-52(79(54)127-15-19-131-143(121,122)139-63-35-71(135-67(63)39-115)111-47-107-75-83(95)99-43-103-87(75)111)22-50(26-57)77(49)125-13-17-129-141(117,118)137-61-33-69(133-65(61)37-113)109-45-105-73-81(93)97-41-101-85(73)109/h25-32,41-48,61-72,113-116H,13-24,33-40H2,1-12H3,(H,117,118)(H,119,120)(H,121,122)(H,123,124)(H2,93,97,101)(H2,94,98,102)(H2,95,99,103)(H2,96,100,104). The number of aliphatic hydroxyl groups is 4. The van der Waals surface area contributed by atoms with Gasteiger partial charge in [-0.15, -0.1) is 0 Å². The summed E-state index contributed by atoms with van der Waals surface area (Å²) in [6.07, 6.45) is -2.61. The number of nitrogen functional groups attached to an aromatic ring is 4. The number of imidazole rings is 4. The van der Waals surface area contributed by atoms with E-state index in [4.69, 9.17) is 97.0 Å². The highest BCUT2D eigenvalue weighted by atomic mass is 31.2. The molecule has 17 rings (SSSR count). The summed E-state index contributed by atoms with van der Waals surface area (Å²) in [4.78, 5) is 97.8. The summed E-state index contributed by atoms with van der Waals surface area (Å²) in [6, 6.07) is 16.0. The molecule has 5 aliphatic rings. The lowest BCUT2D eigenvalue weighted by molar-refractivity contribution is -0.0440. The average molecular weight is 2080 g/mol. The zero-order valence-corrected chi connectivity index (χ0v) is 84.9. The molecule has 48 nitrogen and oxygen atoms in total. The molecule has 16 N–H and O–H groups in total. The minimum atomic E-state index is -5.09. The minimum absolute atomic E-state index is 0.0290. The van der Waals surface area contributed by atoms with Gasteiger partial charge in [-0.05, 0) is 88.4 Å². The minimum Gasteiger partial charge on any atom is -0.491 e. The number of hydrogen-bond donors (Lipinski definition) is 12. The molecule has 0 radical (unpaired) electrons. The van der Waals surface area contributed by atoms with Crippen LogP contribution < -0.4 is 41.9 Å². The second-order valence-electron chi connectivity index (χ2n) is 39.9. The Hall–Kier alpha value is -10.4. The number of phosphoric acid groups is 4. The highest BCUT2D eigenvalue weighted by Gasteiger charge is 2.48. The second-order valence-corrected chi connectivity index (χ2v) is 45.5. The van der Waals surface area contributed by atoms with E-state index in [1.807, 2.05) is 132 Å². The number of hydrogen-bond acceptors (Lipinski definition) is 40. The van der Waals surface area contributed by atoms with E-state index in [1.165, 1.54) is 50.6 Å². The molecule has 4 fully saturated rings. The molecule has 4 aliphatic heterocycles. The van der Waals surface area contributed by atoms with Crippen molar-refractivity contribution in [1.82, 2.24) is 78.1 Å². The van der Waals surface area contributed by atoms with E-state index in [-0.39, 0.29) is 120 Å². The summed E-state index contributed by atoms with van der Waals surface area (Å²) in [5.41, 5.74) is 31.8. The van der Waals surface area contributed by atoms with Crippen molar-refractivity contribution in [2.75, 3.05) is 102 Å². The van der Waals surface area contributed by atoms with Gasteiger partial charge < -0.3 is 101 Å². The molecule has 1 aliphatic carbocycles. The van der Waals surface area contributed by atoms with Crippen LogP contribution in [0.4, 0.5) is 23.3 Å².